The molecule has 5 heteroatoms. The van der Waals surface area contributed by atoms with Crippen LogP contribution in [0.15, 0.2) is 6.07 Å². The standard InChI is InChI=1S/C13H19O3P.Li.H/c1-6-17-13(14)10-11(15-4)8(2)7-9(3)12(10)16-5;;/h7,17H,6H2,1-5H3;;/q;+1;-1. The van der Waals surface area contributed by atoms with Crippen molar-refractivity contribution in [3.63, 3.8) is 0 Å². The number of carbonyl (C=O) groups excluding carboxylic acids is 1. The molecule has 18 heavy (non-hydrogen) atoms. The second-order valence-electron chi connectivity index (χ2n) is 3.81. The second-order valence-corrected chi connectivity index (χ2v) is 5.33. The fraction of sp³-hybridized carbons (Fsp3) is 0.462. The molecule has 1 aromatic rings. The summed E-state index contributed by atoms with van der Waals surface area (Å²) in [6, 6.07) is 1.98. The first-order chi connectivity index (χ1) is 8.06. The number of rotatable bonds is 5. The third-order valence-corrected chi connectivity index (χ3v) is 3.50. The zero-order valence-electron chi connectivity index (χ0n) is 13.0. The number of hydrogen-bond donors (Lipinski definition) is 0. The second kappa shape index (κ2) is 7.84. The molecule has 1 atom stereocenters. The largest absolute Gasteiger partial charge is 1.00 e. The molecule has 0 saturated carbocycles. The molecule has 0 heterocycles. The number of benzene rings is 1. The van der Waals surface area contributed by atoms with Gasteiger partial charge < -0.3 is 10.9 Å². The molecule has 0 N–H and O–H groups in total. The molecule has 0 fully saturated rings. The van der Waals surface area contributed by atoms with E-state index in [0.717, 1.165) is 17.3 Å². The van der Waals surface area contributed by atoms with Gasteiger partial charge in [0.05, 0.1) is 14.2 Å². The van der Waals surface area contributed by atoms with Crippen LogP contribution in [0.2, 0.25) is 0 Å². The molecular formula is C13H20LiO3P. The minimum Gasteiger partial charge on any atom is -1.00 e. The van der Waals surface area contributed by atoms with Gasteiger partial charge in [-0.05, 0) is 45.8 Å². The first-order valence-corrected chi connectivity index (χ1v) is 6.77. The van der Waals surface area contributed by atoms with Crippen LogP contribution in [0.5, 0.6) is 11.5 Å². The Bertz CT molecular complexity index is 410. The SMILES string of the molecule is CCPC(=O)c1c(OC)c(C)cc(C)c1OC.[H-].[Li+]. The van der Waals surface area contributed by atoms with Crippen molar-refractivity contribution in [1.29, 1.82) is 0 Å². The van der Waals surface area contributed by atoms with Gasteiger partial charge in [-0.1, -0.05) is 6.92 Å². The van der Waals surface area contributed by atoms with Gasteiger partial charge in [0.15, 0.2) is 5.52 Å². The van der Waals surface area contributed by atoms with Gasteiger partial charge >= 0.3 is 18.9 Å². The van der Waals surface area contributed by atoms with E-state index < -0.39 is 0 Å². The summed E-state index contributed by atoms with van der Waals surface area (Å²) in [7, 11) is 3.43. The number of hydrogen-bond acceptors (Lipinski definition) is 3. The van der Waals surface area contributed by atoms with E-state index in [-0.39, 0.29) is 34.4 Å². The third kappa shape index (κ3) is 3.51. The van der Waals surface area contributed by atoms with Gasteiger partial charge in [-0.3, -0.25) is 4.79 Å². The number of ether oxygens (including phenoxy) is 2. The van der Waals surface area contributed by atoms with Crippen LogP contribution in [0.3, 0.4) is 0 Å². The van der Waals surface area contributed by atoms with Gasteiger partial charge in [-0.15, -0.1) is 0 Å². The first kappa shape index (κ1) is 17.5. The molecule has 0 radical (unpaired) electrons. The molecule has 0 bridgehead atoms. The van der Waals surface area contributed by atoms with Crippen molar-refractivity contribution in [1.82, 2.24) is 0 Å². The quantitative estimate of drug-likeness (QED) is 0.564. The molecule has 0 aliphatic carbocycles. The van der Waals surface area contributed by atoms with Crippen LogP contribution in [-0.2, 0) is 0 Å². The molecule has 1 unspecified atom stereocenters. The van der Waals surface area contributed by atoms with Crippen molar-refractivity contribution in [2.24, 2.45) is 0 Å². The Morgan fingerprint density at radius 3 is 2.00 bits per heavy atom. The Kier molecular flexibility index (Phi) is 7.63. The van der Waals surface area contributed by atoms with E-state index in [9.17, 15) is 4.79 Å². The van der Waals surface area contributed by atoms with Gasteiger partial charge in [0.1, 0.15) is 17.1 Å². The van der Waals surface area contributed by atoms with Crippen molar-refractivity contribution >= 4 is 14.1 Å². The van der Waals surface area contributed by atoms with E-state index >= 15 is 0 Å². The molecule has 3 nitrogen and oxygen atoms in total. The average molecular weight is 262 g/mol. The van der Waals surface area contributed by atoms with Crippen LogP contribution >= 0.6 is 8.58 Å². The van der Waals surface area contributed by atoms with Gasteiger partial charge in [-0.2, -0.15) is 0 Å². The van der Waals surface area contributed by atoms with Crippen LogP contribution in [0.4, 0.5) is 0 Å². The van der Waals surface area contributed by atoms with E-state index in [4.69, 9.17) is 9.47 Å². The normalized spacial score (nSPS) is 10.3. The molecule has 0 aromatic heterocycles. The number of methoxy groups -OCH3 is 2. The summed E-state index contributed by atoms with van der Waals surface area (Å²) in [6.45, 7) is 5.88. The first-order valence-electron chi connectivity index (χ1n) is 5.57. The molecule has 0 spiro atoms. The fourth-order valence-electron chi connectivity index (χ4n) is 1.93. The summed E-state index contributed by atoms with van der Waals surface area (Å²) in [6.07, 6.45) is 0.845. The van der Waals surface area contributed by atoms with E-state index in [1.165, 1.54) is 0 Å². The van der Waals surface area contributed by atoms with Crippen LogP contribution in [0, 0.1) is 13.8 Å². The fourth-order valence-corrected chi connectivity index (χ4v) is 2.66. The molecule has 0 saturated heterocycles. The van der Waals surface area contributed by atoms with E-state index in [0.29, 0.717) is 17.1 Å². The minimum absolute atomic E-state index is 0. The average Bonchev–Trinajstić information content (AvgIpc) is 2.28. The van der Waals surface area contributed by atoms with Gasteiger partial charge in [0.2, 0.25) is 0 Å². The van der Waals surface area contributed by atoms with Crippen molar-refractivity contribution < 1.29 is 34.6 Å². The van der Waals surface area contributed by atoms with Crippen LogP contribution in [0.1, 0.15) is 29.8 Å². The van der Waals surface area contributed by atoms with Gasteiger partial charge in [-0.25, -0.2) is 0 Å². The number of carbonyl (C=O) groups is 1. The summed E-state index contributed by atoms with van der Waals surface area (Å²) in [5.41, 5.74) is 2.63. The maximum absolute atomic E-state index is 12.2. The molecular weight excluding hydrogens is 242 g/mol. The summed E-state index contributed by atoms with van der Waals surface area (Å²) in [5.74, 6) is 1.27. The Hall–Kier alpha value is -0.483. The topological polar surface area (TPSA) is 35.5 Å². The zero-order chi connectivity index (χ0) is 13.0. The molecule has 0 amide bonds. The molecule has 96 valence electrons. The van der Waals surface area contributed by atoms with Gasteiger partial charge in [0, 0.05) is 0 Å². The van der Waals surface area contributed by atoms with E-state index in [1.807, 2.05) is 26.8 Å². The Morgan fingerprint density at radius 1 is 1.22 bits per heavy atom. The molecule has 1 aromatic carbocycles. The molecule has 0 aliphatic heterocycles. The summed E-state index contributed by atoms with van der Waals surface area (Å²) in [4.78, 5) is 12.2. The van der Waals surface area contributed by atoms with Crippen molar-refractivity contribution in [2.75, 3.05) is 20.4 Å². The summed E-state index contributed by atoms with van der Waals surface area (Å²) >= 11 is 0. The minimum atomic E-state index is 0. The zero-order valence-corrected chi connectivity index (χ0v) is 13.0. The summed E-state index contributed by atoms with van der Waals surface area (Å²) in [5, 5.41) is 0. The van der Waals surface area contributed by atoms with Crippen molar-refractivity contribution in [3.8, 4) is 11.5 Å². The Labute approximate surface area is 124 Å². The van der Waals surface area contributed by atoms with Crippen molar-refractivity contribution in [3.05, 3.63) is 22.8 Å². The van der Waals surface area contributed by atoms with E-state index in [2.05, 4.69) is 0 Å². The smallest absolute Gasteiger partial charge is 1.00 e. The molecule has 0 aliphatic rings. The van der Waals surface area contributed by atoms with Crippen molar-refractivity contribution in [2.45, 2.75) is 20.8 Å². The number of aryl methyl sites for hydroxylation is 2. The predicted molar refractivity (Wildman–Crippen MR) is 73.3 cm³/mol. The maximum atomic E-state index is 12.2. The monoisotopic (exact) mass is 262 g/mol. The maximum Gasteiger partial charge on any atom is 1.00 e. The summed E-state index contributed by atoms with van der Waals surface area (Å²) < 4.78 is 10.7. The predicted octanol–water partition coefficient (Wildman–Crippen LogP) is 0.276. The Balaban J connectivity index is 0. The van der Waals surface area contributed by atoms with Gasteiger partial charge in [0.25, 0.3) is 0 Å². The van der Waals surface area contributed by atoms with Crippen LogP contribution in [0.25, 0.3) is 0 Å². The van der Waals surface area contributed by atoms with Crippen LogP contribution in [-0.4, -0.2) is 25.9 Å². The third-order valence-electron chi connectivity index (χ3n) is 2.58. The van der Waals surface area contributed by atoms with Crippen LogP contribution < -0.4 is 28.3 Å². The van der Waals surface area contributed by atoms with E-state index in [1.54, 1.807) is 14.2 Å². The molecule has 1 rings (SSSR count). The Morgan fingerprint density at radius 2 is 1.67 bits per heavy atom.